The van der Waals surface area contributed by atoms with Gasteiger partial charge >= 0.3 is 0 Å². The van der Waals surface area contributed by atoms with Gasteiger partial charge in [-0.25, -0.2) is 0 Å². The number of hydrogen-bond donors (Lipinski definition) is 2. The molecule has 55 valence electrons. The summed E-state index contributed by atoms with van der Waals surface area (Å²) in [5.74, 6) is 0. The van der Waals surface area contributed by atoms with E-state index in [9.17, 15) is 0 Å². The first-order chi connectivity index (χ1) is 4.31. The summed E-state index contributed by atoms with van der Waals surface area (Å²) in [6.07, 6.45) is 3.87. The zero-order valence-corrected chi connectivity index (χ0v) is 5.88. The van der Waals surface area contributed by atoms with Crippen molar-refractivity contribution in [1.82, 2.24) is 0 Å². The molecule has 0 spiro atoms. The minimum Gasteiger partial charge on any atom is -0.396 e. The second-order valence-corrected chi connectivity index (χ2v) is 2.10. The minimum absolute atomic E-state index is 0.0821. The molecule has 1 unspecified atom stereocenters. The van der Waals surface area contributed by atoms with Gasteiger partial charge in [-0.05, 0) is 19.3 Å². The molecule has 0 aromatic heterocycles. The molecule has 0 aliphatic rings. The Morgan fingerprint density at radius 3 is 2.67 bits per heavy atom. The maximum atomic E-state index is 8.99. The summed E-state index contributed by atoms with van der Waals surface area (Å²) in [6, 6.07) is 0. The van der Waals surface area contributed by atoms with Gasteiger partial charge in [0.25, 0.3) is 0 Å². The Hall–Kier alpha value is -0.0800. The van der Waals surface area contributed by atoms with E-state index in [-0.39, 0.29) is 12.7 Å². The highest BCUT2D eigenvalue weighted by Crippen LogP contribution is 2.01. The third-order valence-corrected chi connectivity index (χ3v) is 1.19. The molecule has 0 aromatic rings. The largest absolute Gasteiger partial charge is 0.396 e. The van der Waals surface area contributed by atoms with Gasteiger partial charge in [0.15, 0.2) is 0 Å². The first-order valence-corrected chi connectivity index (χ1v) is 3.41. The summed E-state index contributed by atoms with van der Waals surface area (Å²) in [6.45, 7) is 2.12. The first kappa shape index (κ1) is 8.92. The molecule has 2 N–H and O–H groups in total. The van der Waals surface area contributed by atoms with E-state index in [4.69, 9.17) is 10.2 Å². The van der Waals surface area contributed by atoms with Crippen LogP contribution in [0.2, 0.25) is 0 Å². The van der Waals surface area contributed by atoms with Crippen LogP contribution in [0.4, 0.5) is 0 Å². The van der Waals surface area contributed by atoms with Gasteiger partial charge in [-0.2, -0.15) is 0 Å². The topological polar surface area (TPSA) is 40.5 Å². The number of unbranched alkanes of at least 4 members (excludes halogenated alkanes) is 1. The fourth-order valence-corrected chi connectivity index (χ4v) is 0.626. The van der Waals surface area contributed by atoms with Gasteiger partial charge in [-0.1, -0.05) is 13.3 Å². The van der Waals surface area contributed by atoms with Crippen LogP contribution in [0.5, 0.6) is 0 Å². The lowest BCUT2D eigenvalue weighted by molar-refractivity contribution is 0.131. The Balaban J connectivity index is 2.95. The molecule has 0 saturated heterocycles. The maximum absolute atomic E-state index is 8.99. The average Bonchev–Trinajstić information content (AvgIpc) is 1.85. The highest BCUT2D eigenvalue weighted by atomic mass is 16.3. The molecule has 9 heavy (non-hydrogen) atoms. The van der Waals surface area contributed by atoms with Crippen LogP contribution in [0.15, 0.2) is 0 Å². The maximum Gasteiger partial charge on any atom is 0.0564 e. The number of hydrogen-bond acceptors (Lipinski definition) is 2. The van der Waals surface area contributed by atoms with E-state index in [1.165, 1.54) is 0 Å². The van der Waals surface area contributed by atoms with E-state index in [1.54, 1.807) is 0 Å². The third-order valence-electron chi connectivity index (χ3n) is 1.19. The van der Waals surface area contributed by atoms with Crippen LogP contribution in [0, 0.1) is 6.42 Å². The molecular weight excluding hydrogens is 116 g/mol. The van der Waals surface area contributed by atoms with E-state index in [1.807, 2.05) is 13.3 Å². The average molecular weight is 131 g/mol. The third kappa shape index (κ3) is 5.80. The lowest BCUT2D eigenvalue weighted by atomic mass is 10.1. The Morgan fingerprint density at radius 2 is 2.22 bits per heavy atom. The van der Waals surface area contributed by atoms with Crippen LogP contribution in [0.3, 0.4) is 0 Å². The summed E-state index contributed by atoms with van der Waals surface area (Å²) in [5.41, 5.74) is 0. The van der Waals surface area contributed by atoms with Gasteiger partial charge in [-0.3, -0.25) is 0 Å². The number of aliphatic hydroxyl groups excluding tert-OH is 2. The summed E-state index contributed by atoms with van der Waals surface area (Å²) in [4.78, 5) is 0. The summed E-state index contributed by atoms with van der Waals surface area (Å²) in [5, 5.41) is 17.4. The highest BCUT2D eigenvalue weighted by molar-refractivity contribution is 4.67. The summed E-state index contributed by atoms with van der Waals surface area (Å²) >= 11 is 0. The van der Waals surface area contributed by atoms with Gasteiger partial charge in [0.1, 0.15) is 0 Å². The van der Waals surface area contributed by atoms with Crippen LogP contribution in [-0.4, -0.2) is 22.9 Å². The highest BCUT2D eigenvalue weighted by Gasteiger charge is 2.00. The zero-order valence-electron chi connectivity index (χ0n) is 5.88. The van der Waals surface area contributed by atoms with E-state index in [2.05, 4.69) is 0 Å². The fourth-order valence-electron chi connectivity index (χ4n) is 0.626. The lowest BCUT2D eigenvalue weighted by Gasteiger charge is -2.05. The molecule has 0 aliphatic carbocycles. The zero-order chi connectivity index (χ0) is 7.11. The Labute approximate surface area is 56.5 Å². The van der Waals surface area contributed by atoms with Gasteiger partial charge in [0, 0.05) is 6.61 Å². The SMILES string of the molecule is CC[CH]CC(O)CCO. The molecule has 1 radical (unpaired) electrons. The van der Waals surface area contributed by atoms with Crippen molar-refractivity contribution in [2.24, 2.45) is 0 Å². The van der Waals surface area contributed by atoms with E-state index < -0.39 is 0 Å². The van der Waals surface area contributed by atoms with Crippen LogP contribution in [0.25, 0.3) is 0 Å². The Kier molecular flexibility index (Phi) is 5.99. The summed E-state index contributed by atoms with van der Waals surface area (Å²) < 4.78 is 0. The van der Waals surface area contributed by atoms with Gasteiger partial charge in [-0.15, -0.1) is 0 Å². The van der Waals surface area contributed by atoms with Gasteiger partial charge in [0.05, 0.1) is 6.10 Å². The molecule has 0 amide bonds. The van der Waals surface area contributed by atoms with Crippen molar-refractivity contribution in [3.05, 3.63) is 6.42 Å². The minimum atomic E-state index is -0.338. The normalized spacial score (nSPS) is 13.7. The molecule has 2 heteroatoms. The molecule has 2 nitrogen and oxygen atoms in total. The molecule has 0 fully saturated rings. The van der Waals surface area contributed by atoms with E-state index in [0.717, 1.165) is 6.42 Å². The first-order valence-electron chi connectivity index (χ1n) is 3.41. The van der Waals surface area contributed by atoms with Crippen LogP contribution >= 0.6 is 0 Å². The van der Waals surface area contributed by atoms with E-state index >= 15 is 0 Å². The molecule has 0 rings (SSSR count). The summed E-state index contributed by atoms with van der Waals surface area (Å²) in [7, 11) is 0. The van der Waals surface area contributed by atoms with Crippen molar-refractivity contribution in [2.45, 2.75) is 32.3 Å². The predicted octanol–water partition coefficient (Wildman–Crippen LogP) is 0.734. The van der Waals surface area contributed by atoms with Gasteiger partial charge < -0.3 is 10.2 Å². The Bertz CT molecular complexity index is 54.9. The molecular formula is C7H15O2. The number of rotatable bonds is 5. The quantitative estimate of drug-likeness (QED) is 0.577. The fraction of sp³-hybridized carbons (Fsp3) is 0.857. The monoisotopic (exact) mass is 131 g/mol. The second-order valence-electron chi connectivity index (χ2n) is 2.10. The second kappa shape index (κ2) is 6.05. The Morgan fingerprint density at radius 1 is 1.56 bits per heavy atom. The van der Waals surface area contributed by atoms with Crippen molar-refractivity contribution in [1.29, 1.82) is 0 Å². The smallest absolute Gasteiger partial charge is 0.0564 e. The molecule has 0 heterocycles. The molecule has 0 aromatic carbocycles. The van der Waals surface area contributed by atoms with Crippen molar-refractivity contribution >= 4 is 0 Å². The van der Waals surface area contributed by atoms with Gasteiger partial charge in [0.2, 0.25) is 0 Å². The molecule has 0 saturated carbocycles. The standard InChI is InChI=1S/C7H15O2/c1-2-3-4-7(9)5-6-8/h3,7-9H,2,4-6H2,1H3. The van der Waals surface area contributed by atoms with Crippen molar-refractivity contribution in [3.8, 4) is 0 Å². The number of aliphatic hydroxyl groups is 2. The van der Waals surface area contributed by atoms with Crippen LogP contribution in [0.1, 0.15) is 26.2 Å². The van der Waals surface area contributed by atoms with Crippen LogP contribution in [-0.2, 0) is 0 Å². The van der Waals surface area contributed by atoms with E-state index in [0.29, 0.717) is 12.8 Å². The predicted molar refractivity (Wildman–Crippen MR) is 36.9 cm³/mol. The molecule has 1 atom stereocenters. The van der Waals surface area contributed by atoms with Crippen molar-refractivity contribution in [2.75, 3.05) is 6.61 Å². The molecule has 0 bridgehead atoms. The molecule has 0 aliphatic heterocycles. The van der Waals surface area contributed by atoms with Crippen molar-refractivity contribution < 1.29 is 10.2 Å². The van der Waals surface area contributed by atoms with Crippen LogP contribution < -0.4 is 0 Å². The lowest BCUT2D eigenvalue weighted by Crippen LogP contribution is -2.08. The van der Waals surface area contributed by atoms with Crippen molar-refractivity contribution in [3.63, 3.8) is 0 Å².